The number of amides is 1. The van der Waals surface area contributed by atoms with Crippen molar-refractivity contribution in [2.24, 2.45) is 5.41 Å². The first kappa shape index (κ1) is 25.7. The lowest BCUT2D eigenvalue weighted by Gasteiger charge is -2.41. The van der Waals surface area contributed by atoms with Crippen LogP contribution < -0.4 is 9.64 Å². The second-order valence-electron chi connectivity index (χ2n) is 10.2. The van der Waals surface area contributed by atoms with E-state index in [4.69, 9.17) is 4.74 Å². The molecule has 3 rings (SSSR count). The van der Waals surface area contributed by atoms with E-state index in [2.05, 4.69) is 4.98 Å². The lowest BCUT2D eigenvalue weighted by Crippen LogP contribution is -2.49. The Labute approximate surface area is 192 Å². The maximum Gasteiger partial charge on any atom is 0.425 e. The molecule has 0 aromatic carbocycles. The van der Waals surface area contributed by atoms with Crippen LogP contribution in [0.3, 0.4) is 0 Å². The van der Waals surface area contributed by atoms with E-state index in [1.54, 1.807) is 25.7 Å². The van der Waals surface area contributed by atoms with Gasteiger partial charge in [-0.15, -0.1) is 0 Å². The fourth-order valence-electron chi connectivity index (χ4n) is 4.29. The smallest absolute Gasteiger partial charge is 0.425 e. The van der Waals surface area contributed by atoms with Crippen LogP contribution >= 0.6 is 0 Å². The van der Waals surface area contributed by atoms with Crippen LogP contribution in [0, 0.1) is 5.41 Å². The summed E-state index contributed by atoms with van der Waals surface area (Å²) >= 11 is 0. The monoisotopic (exact) mass is 492 g/mol. The SMILES string of the molecule is C[C@H](Oc1ccc(N2CC[C@]3(CC[C@@](O)(CS(=O)(=O)C(C)(C)C)CC3)C2=O)cn1)C(F)(F)F. The highest BCUT2D eigenvalue weighted by atomic mass is 32.2. The van der Waals surface area contributed by atoms with Crippen molar-refractivity contribution >= 4 is 21.4 Å². The Kier molecular flexibility index (Phi) is 6.56. The average molecular weight is 493 g/mol. The molecule has 1 aromatic rings. The van der Waals surface area contributed by atoms with Gasteiger partial charge in [0.2, 0.25) is 11.8 Å². The topological polar surface area (TPSA) is 96.8 Å². The number of aliphatic hydroxyl groups is 1. The summed E-state index contributed by atoms with van der Waals surface area (Å²) in [6.45, 7) is 6.10. The molecule has 7 nitrogen and oxygen atoms in total. The van der Waals surface area contributed by atoms with Crippen LogP contribution in [0.1, 0.15) is 59.8 Å². The number of aromatic nitrogens is 1. The number of halogens is 3. The van der Waals surface area contributed by atoms with Gasteiger partial charge in [0, 0.05) is 12.6 Å². The zero-order valence-corrected chi connectivity index (χ0v) is 20.1. The highest BCUT2D eigenvalue weighted by molar-refractivity contribution is 7.92. The van der Waals surface area contributed by atoms with E-state index in [1.165, 1.54) is 18.3 Å². The number of hydrogen-bond donors (Lipinski definition) is 1. The van der Waals surface area contributed by atoms with Gasteiger partial charge >= 0.3 is 6.18 Å². The van der Waals surface area contributed by atoms with Crippen LogP contribution in [-0.4, -0.2) is 59.3 Å². The van der Waals surface area contributed by atoms with Crippen molar-refractivity contribution in [1.82, 2.24) is 4.98 Å². The quantitative estimate of drug-likeness (QED) is 0.674. The van der Waals surface area contributed by atoms with Crippen molar-refractivity contribution in [1.29, 1.82) is 0 Å². The number of anilines is 1. The minimum absolute atomic E-state index is 0.137. The number of carbonyl (C=O) groups is 1. The number of hydrogen-bond acceptors (Lipinski definition) is 6. The van der Waals surface area contributed by atoms with Gasteiger partial charge in [-0.1, -0.05) is 0 Å². The summed E-state index contributed by atoms with van der Waals surface area (Å²) in [5.41, 5.74) is -1.58. The van der Waals surface area contributed by atoms with Crippen LogP contribution in [0.15, 0.2) is 18.3 Å². The van der Waals surface area contributed by atoms with Crippen LogP contribution in [-0.2, 0) is 14.6 Å². The van der Waals surface area contributed by atoms with Crippen LogP contribution in [0.25, 0.3) is 0 Å². The summed E-state index contributed by atoms with van der Waals surface area (Å²) in [6, 6.07) is 2.80. The summed E-state index contributed by atoms with van der Waals surface area (Å²) in [5.74, 6) is -0.658. The molecule has 1 aliphatic heterocycles. The molecule has 1 spiro atoms. The molecule has 1 aromatic heterocycles. The molecule has 0 unspecified atom stereocenters. The van der Waals surface area contributed by atoms with Crippen molar-refractivity contribution in [3.05, 3.63) is 18.3 Å². The lowest BCUT2D eigenvalue weighted by atomic mass is 9.68. The minimum Gasteiger partial charge on any atom is -0.465 e. The van der Waals surface area contributed by atoms with Crippen molar-refractivity contribution in [3.63, 3.8) is 0 Å². The molecule has 1 N–H and O–H groups in total. The van der Waals surface area contributed by atoms with E-state index in [-0.39, 0.29) is 30.4 Å². The van der Waals surface area contributed by atoms with Crippen molar-refractivity contribution < 1.29 is 36.2 Å². The molecule has 2 aliphatic rings. The van der Waals surface area contributed by atoms with E-state index < -0.39 is 37.9 Å². The lowest BCUT2D eigenvalue weighted by molar-refractivity contribution is -0.189. The highest BCUT2D eigenvalue weighted by Gasteiger charge is 2.53. The molecule has 1 saturated carbocycles. The normalized spacial score (nSPS) is 27.8. The third-order valence-corrected chi connectivity index (χ3v) is 9.62. The van der Waals surface area contributed by atoms with Crippen molar-refractivity contribution in [2.75, 3.05) is 17.2 Å². The number of sulfone groups is 1. The number of rotatable bonds is 5. The van der Waals surface area contributed by atoms with E-state index in [1.807, 2.05) is 0 Å². The molecule has 1 aliphatic carbocycles. The minimum atomic E-state index is -4.51. The number of nitrogens with zero attached hydrogens (tertiary/aromatic N) is 2. The van der Waals surface area contributed by atoms with E-state index in [9.17, 15) is 31.5 Å². The van der Waals surface area contributed by atoms with Gasteiger partial charge in [-0.05, 0) is 65.9 Å². The number of alkyl halides is 3. The first-order valence-corrected chi connectivity index (χ1v) is 12.6. The molecule has 1 saturated heterocycles. The number of ether oxygens (including phenoxy) is 1. The van der Waals surface area contributed by atoms with Crippen molar-refractivity contribution in [3.8, 4) is 5.88 Å². The first-order chi connectivity index (χ1) is 15.0. The fraction of sp³-hybridized carbons (Fsp3) is 0.727. The van der Waals surface area contributed by atoms with Gasteiger partial charge in [0.1, 0.15) is 0 Å². The Balaban J connectivity index is 1.66. The van der Waals surface area contributed by atoms with Gasteiger partial charge in [-0.3, -0.25) is 4.79 Å². The van der Waals surface area contributed by atoms with Crippen molar-refractivity contribution in [2.45, 2.75) is 82.4 Å². The average Bonchev–Trinajstić information content (AvgIpc) is 3.00. The Morgan fingerprint density at radius 1 is 1.15 bits per heavy atom. The molecule has 0 bridgehead atoms. The Hall–Kier alpha value is -1.88. The zero-order chi connectivity index (χ0) is 24.9. The van der Waals surface area contributed by atoms with Gasteiger partial charge in [-0.2, -0.15) is 13.2 Å². The maximum absolute atomic E-state index is 13.3. The molecule has 1 atom stereocenters. The van der Waals surface area contributed by atoms with Crippen LogP contribution in [0.2, 0.25) is 0 Å². The van der Waals surface area contributed by atoms with Crippen LogP contribution in [0.5, 0.6) is 5.88 Å². The summed E-state index contributed by atoms with van der Waals surface area (Å²) in [7, 11) is -3.52. The molecular formula is C22H31F3N2O5S. The summed E-state index contributed by atoms with van der Waals surface area (Å²) in [4.78, 5) is 18.7. The van der Waals surface area contributed by atoms with Gasteiger partial charge in [0.05, 0.1) is 33.4 Å². The van der Waals surface area contributed by atoms with E-state index in [0.29, 0.717) is 31.5 Å². The third kappa shape index (κ3) is 5.29. The third-order valence-electron chi connectivity index (χ3n) is 6.83. The fourth-order valence-corrected chi connectivity index (χ4v) is 5.72. The standard InChI is InChI=1S/C22H31F3N2O5S/c1-15(22(23,24)25)32-17-6-5-16(13-26-17)27-12-11-20(18(27)28)7-9-21(29,10-8-20)14-33(30,31)19(2,3)4/h5-6,13,15,29H,7-12,14H2,1-4H3/t15-,20-,21+/m0/s1. The molecule has 1 amide bonds. The second-order valence-corrected chi connectivity index (χ2v) is 13.0. The van der Waals surface area contributed by atoms with Gasteiger partial charge in [-0.25, -0.2) is 13.4 Å². The second kappa shape index (κ2) is 8.41. The predicted octanol–water partition coefficient (Wildman–Crippen LogP) is 3.65. The molecule has 186 valence electrons. The maximum atomic E-state index is 13.3. The first-order valence-electron chi connectivity index (χ1n) is 10.9. The largest absolute Gasteiger partial charge is 0.465 e. The molecule has 0 radical (unpaired) electrons. The molecule has 33 heavy (non-hydrogen) atoms. The van der Waals surface area contributed by atoms with Crippen LogP contribution in [0.4, 0.5) is 18.9 Å². The Morgan fingerprint density at radius 2 is 1.76 bits per heavy atom. The van der Waals surface area contributed by atoms with E-state index >= 15 is 0 Å². The van der Waals surface area contributed by atoms with E-state index in [0.717, 1.165) is 6.92 Å². The zero-order valence-electron chi connectivity index (χ0n) is 19.3. The summed E-state index contributed by atoms with van der Waals surface area (Å²) in [6.07, 6.45) is -3.48. The molecule has 2 heterocycles. The van der Waals surface area contributed by atoms with Gasteiger partial charge in [0.25, 0.3) is 0 Å². The van der Waals surface area contributed by atoms with Gasteiger partial charge in [0.15, 0.2) is 15.9 Å². The Morgan fingerprint density at radius 3 is 2.24 bits per heavy atom. The number of carbonyl (C=O) groups excluding carboxylic acids is 1. The molecule has 2 fully saturated rings. The molecular weight excluding hydrogens is 461 g/mol. The molecule has 11 heteroatoms. The summed E-state index contributed by atoms with van der Waals surface area (Å²) in [5, 5.41) is 10.9. The summed E-state index contributed by atoms with van der Waals surface area (Å²) < 4.78 is 67.0. The Bertz CT molecular complexity index is 979. The van der Waals surface area contributed by atoms with Gasteiger partial charge < -0.3 is 14.7 Å². The highest BCUT2D eigenvalue weighted by Crippen LogP contribution is 2.49. The number of pyridine rings is 1. The predicted molar refractivity (Wildman–Crippen MR) is 117 cm³/mol.